The van der Waals surface area contributed by atoms with Gasteiger partial charge in [-0.3, -0.25) is 4.79 Å². The molecule has 2 N–H and O–H groups in total. The molecule has 0 saturated carbocycles. The van der Waals surface area contributed by atoms with Crippen LogP contribution >= 0.6 is 0 Å². The van der Waals surface area contributed by atoms with E-state index < -0.39 is 5.82 Å². The summed E-state index contributed by atoms with van der Waals surface area (Å²) in [7, 11) is 1.82. The fourth-order valence-electron chi connectivity index (χ4n) is 1.80. The lowest BCUT2D eigenvalue weighted by Gasteiger charge is -2.13. The van der Waals surface area contributed by atoms with Crippen molar-refractivity contribution in [2.75, 3.05) is 7.05 Å². The van der Waals surface area contributed by atoms with Gasteiger partial charge in [-0.1, -0.05) is 12.1 Å². The van der Waals surface area contributed by atoms with Gasteiger partial charge in [0, 0.05) is 12.2 Å². The number of rotatable bonds is 2. The number of aromatic amines is 1. The Morgan fingerprint density at radius 2 is 2.19 bits per heavy atom. The van der Waals surface area contributed by atoms with Gasteiger partial charge in [0.05, 0.1) is 5.39 Å². The van der Waals surface area contributed by atoms with Crippen molar-refractivity contribution in [1.82, 2.24) is 10.3 Å². The molecule has 16 heavy (non-hydrogen) atoms. The lowest BCUT2D eigenvalue weighted by molar-refractivity contribution is 0.635. The minimum absolute atomic E-state index is 0.0566. The summed E-state index contributed by atoms with van der Waals surface area (Å²) in [6, 6.07) is 4.73. The second kappa shape index (κ2) is 4.06. The normalized spacial score (nSPS) is 12.9. The van der Waals surface area contributed by atoms with E-state index in [1.165, 1.54) is 6.07 Å². The quantitative estimate of drug-likeness (QED) is 0.812. The van der Waals surface area contributed by atoms with Crippen LogP contribution in [0.4, 0.5) is 4.39 Å². The zero-order valence-corrected chi connectivity index (χ0v) is 9.17. The average Bonchev–Trinajstić information content (AvgIpc) is 2.28. The van der Waals surface area contributed by atoms with Crippen LogP contribution in [0.15, 0.2) is 29.2 Å². The molecule has 2 rings (SSSR count). The number of benzene rings is 1. The zero-order chi connectivity index (χ0) is 11.7. The summed E-state index contributed by atoms with van der Waals surface area (Å²) in [6.07, 6.45) is 1.63. The molecule has 0 aliphatic carbocycles. The van der Waals surface area contributed by atoms with Crippen molar-refractivity contribution in [2.45, 2.75) is 13.0 Å². The highest BCUT2D eigenvalue weighted by atomic mass is 19.1. The molecule has 1 unspecified atom stereocenters. The number of fused-ring (bicyclic) bond motifs is 1. The molecule has 0 saturated heterocycles. The first-order chi connectivity index (χ1) is 7.65. The van der Waals surface area contributed by atoms with Gasteiger partial charge in [0.1, 0.15) is 5.82 Å². The minimum Gasteiger partial charge on any atom is -0.328 e. The fourth-order valence-corrected chi connectivity index (χ4v) is 1.80. The van der Waals surface area contributed by atoms with Crippen molar-refractivity contribution in [3.8, 4) is 0 Å². The van der Waals surface area contributed by atoms with E-state index in [0.29, 0.717) is 5.39 Å². The predicted octanol–water partition coefficient (Wildman–Crippen LogP) is 1.95. The van der Waals surface area contributed by atoms with Gasteiger partial charge in [0.15, 0.2) is 0 Å². The second-order valence-electron chi connectivity index (χ2n) is 3.75. The Hall–Kier alpha value is -1.68. The van der Waals surface area contributed by atoms with Crippen molar-refractivity contribution >= 4 is 10.8 Å². The molecular formula is C12H13FN2O. The maximum Gasteiger partial charge on any atom is 0.258 e. The maximum atomic E-state index is 13.6. The molecule has 1 aromatic carbocycles. The number of aromatic nitrogens is 1. The molecule has 0 aliphatic heterocycles. The van der Waals surface area contributed by atoms with Crippen molar-refractivity contribution in [2.24, 2.45) is 0 Å². The van der Waals surface area contributed by atoms with Gasteiger partial charge in [0.25, 0.3) is 5.56 Å². The van der Waals surface area contributed by atoms with Crippen LogP contribution in [0.25, 0.3) is 10.8 Å². The lowest BCUT2D eigenvalue weighted by Crippen LogP contribution is -2.16. The van der Waals surface area contributed by atoms with E-state index in [1.54, 1.807) is 18.3 Å². The molecule has 2 aromatic rings. The molecule has 0 bridgehead atoms. The second-order valence-corrected chi connectivity index (χ2v) is 3.75. The number of hydrogen-bond donors (Lipinski definition) is 2. The van der Waals surface area contributed by atoms with Crippen LogP contribution in [-0.2, 0) is 0 Å². The Balaban J connectivity index is 2.84. The molecule has 0 spiro atoms. The van der Waals surface area contributed by atoms with Gasteiger partial charge in [-0.15, -0.1) is 0 Å². The van der Waals surface area contributed by atoms with E-state index in [-0.39, 0.29) is 17.0 Å². The number of nitrogens with one attached hydrogen (secondary N) is 2. The van der Waals surface area contributed by atoms with Crippen LogP contribution in [-0.4, -0.2) is 12.0 Å². The highest BCUT2D eigenvalue weighted by Crippen LogP contribution is 2.22. The first kappa shape index (κ1) is 10.8. The Bertz CT molecular complexity index is 577. The van der Waals surface area contributed by atoms with E-state index in [9.17, 15) is 9.18 Å². The third-order valence-corrected chi connectivity index (χ3v) is 2.81. The maximum absolute atomic E-state index is 13.6. The highest BCUT2D eigenvalue weighted by molar-refractivity contribution is 5.85. The third-order valence-electron chi connectivity index (χ3n) is 2.81. The van der Waals surface area contributed by atoms with Gasteiger partial charge in [-0.25, -0.2) is 4.39 Å². The Kier molecular flexibility index (Phi) is 2.75. The molecule has 1 heterocycles. The zero-order valence-electron chi connectivity index (χ0n) is 9.17. The van der Waals surface area contributed by atoms with Crippen LogP contribution in [0.1, 0.15) is 18.5 Å². The van der Waals surface area contributed by atoms with Crippen LogP contribution in [0, 0.1) is 5.82 Å². The molecule has 0 fully saturated rings. The Labute approximate surface area is 92.3 Å². The van der Waals surface area contributed by atoms with E-state index in [2.05, 4.69) is 10.3 Å². The number of hydrogen-bond acceptors (Lipinski definition) is 2. The lowest BCUT2D eigenvalue weighted by atomic mass is 10.0. The van der Waals surface area contributed by atoms with Gasteiger partial charge in [-0.2, -0.15) is 0 Å². The molecule has 1 atom stereocenters. The summed E-state index contributed by atoms with van der Waals surface area (Å²) >= 11 is 0. The monoisotopic (exact) mass is 220 g/mol. The van der Waals surface area contributed by atoms with Crippen LogP contribution in [0.5, 0.6) is 0 Å². The van der Waals surface area contributed by atoms with Crippen molar-refractivity contribution < 1.29 is 4.39 Å². The summed E-state index contributed by atoms with van der Waals surface area (Å²) in [6.45, 7) is 1.96. The van der Waals surface area contributed by atoms with Crippen LogP contribution in [0.2, 0.25) is 0 Å². The van der Waals surface area contributed by atoms with Crippen LogP contribution < -0.4 is 10.9 Å². The molecule has 0 amide bonds. The number of halogens is 1. The predicted molar refractivity (Wildman–Crippen MR) is 62.0 cm³/mol. The Morgan fingerprint density at radius 3 is 2.88 bits per heavy atom. The number of pyridine rings is 1. The summed E-state index contributed by atoms with van der Waals surface area (Å²) in [5.41, 5.74) is 0.497. The van der Waals surface area contributed by atoms with Gasteiger partial charge in [0.2, 0.25) is 0 Å². The Morgan fingerprint density at radius 1 is 1.44 bits per heavy atom. The van der Waals surface area contributed by atoms with Crippen molar-refractivity contribution in [1.29, 1.82) is 0 Å². The largest absolute Gasteiger partial charge is 0.328 e. The minimum atomic E-state index is -0.482. The first-order valence-electron chi connectivity index (χ1n) is 5.12. The van der Waals surface area contributed by atoms with E-state index in [4.69, 9.17) is 0 Å². The summed E-state index contributed by atoms with van der Waals surface area (Å²) < 4.78 is 13.6. The van der Waals surface area contributed by atoms with E-state index >= 15 is 0 Å². The molecule has 0 aliphatic rings. The van der Waals surface area contributed by atoms with Crippen LogP contribution in [0.3, 0.4) is 0 Å². The molecule has 4 heteroatoms. The van der Waals surface area contributed by atoms with Gasteiger partial charge < -0.3 is 10.3 Å². The molecular weight excluding hydrogens is 207 g/mol. The molecule has 1 aromatic heterocycles. The first-order valence-corrected chi connectivity index (χ1v) is 5.12. The third kappa shape index (κ3) is 1.61. The fraction of sp³-hybridized carbons (Fsp3) is 0.250. The SMILES string of the molecule is CNC(C)c1c[nH]c(=O)c2c(F)cccc12. The average molecular weight is 220 g/mol. The van der Waals surface area contributed by atoms with E-state index in [1.807, 2.05) is 14.0 Å². The highest BCUT2D eigenvalue weighted by Gasteiger charge is 2.12. The standard InChI is InChI=1S/C12H13FN2O/c1-7(14-2)9-6-15-12(16)11-8(9)4-3-5-10(11)13/h3-7,14H,1-2H3,(H,15,16). The topological polar surface area (TPSA) is 44.9 Å². The van der Waals surface area contributed by atoms with E-state index in [0.717, 1.165) is 5.56 Å². The summed E-state index contributed by atoms with van der Waals surface area (Å²) in [4.78, 5) is 14.1. The smallest absolute Gasteiger partial charge is 0.258 e. The van der Waals surface area contributed by atoms with Crippen molar-refractivity contribution in [3.05, 3.63) is 46.1 Å². The molecule has 84 valence electrons. The summed E-state index contributed by atoms with van der Waals surface area (Å²) in [5, 5.41) is 3.85. The number of H-pyrrole nitrogens is 1. The molecule has 0 radical (unpaired) electrons. The van der Waals surface area contributed by atoms with Crippen molar-refractivity contribution in [3.63, 3.8) is 0 Å². The van der Waals surface area contributed by atoms with Gasteiger partial charge >= 0.3 is 0 Å². The summed E-state index contributed by atoms with van der Waals surface area (Å²) in [5.74, 6) is -0.482. The molecule has 3 nitrogen and oxygen atoms in total. The van der Waals surface area contributed by atoms with Gasteiger partial charge in [-0.05, 0) is 31.0 Å².